The SMILES string of the molecule is Cc1nc(CN2CC(C)C2)ccc1-n1cnc(-c2nc(NC3CCN(S(C)(=O)=O)CC3)ncc2C(F)(F)F)c1. The van der Waals surface area contributed by atoms with Gasteiger partial charge in [-0.15, -0.1) is 0 Å². The van der Waals surface area contributed by atoms with Gasteiger partial charge in [0, 0.05) is 51.2 Å². The maximum Gasteiger partial charge on any atom is 0.420 e. The molecule has 2 aliphatic rings. The number of piperidine rings is 1. The third-order valence-corrected chi connectivity index (χ3v) is 8.40. The Kier molecular flexibility index (Phi) is 7.37. The second kappa shape index (κ2) is 10.5. The van der Waals surface area contributed by atoms with Gasteiger partial charge in [0.2, 0.25) is 16.0 Å². The van der Waals surface area contributed by atoms with E-state index in [2.05, 4.69) is 37.1 Å². The molecule has 14 heteroatoms. The number of nitrogens with zero attached hydrogens (tertiary/aromatic N) is 7. The lowest BCUT2D eigenvalue weighted by molar-refractivity contribution is -0.137. The molecule has 0 saturated carbocycles. The predicted octanol–water partition coefficient (Wildman–Crippen LogP) is 3.34. The van der Waals surface area contributed by atoms with Crippen molar-refractivity contribution in [1.82, 2.24) is 33.7 Å². The molecule has 2 aliphatic heterocycles. The Morgan fingerprint density at radius 3 is 2.44 bits per heavy atom. The van der Waals surface area contributed by atoms with Crippen molar-refractivity contribution >= 4 is 16.0 Å². The fraction of sp³-hybridized carbons (Fsp3) is 0.520. The predicted molar refractivity (Wildman–Crippen MR) is 140 cm³/mol. The Morgan fingerprint density at radius 1 is 1.10 bits per heavy atom. The second-order valence-electron chi connectivity index (χ2n) is 10.4. The van der Waals surface area contributed by atoms with Crippen LogP contribution in [0, 0.1) is 12.8 Å². The summed E-state index contributed by atoms with van der Waals surface area (Å²) in [5, 5.41) is 3.06. The molecule has 10 nitrogen and oxygen atoms in total. The summed E-state index contributed by atoms with van der Waals surface area (Å²) in [5.74, 6) is 0.731. The molecular weight excluding hydrogens is 533 g/mol. The van der Waals surface area contributed by atoms with E-state index in [0.29, 0.717) is 37.5 Å². The number of pyridine rings is 1. The van der Waals surface area contributed by atoms with Crippen LogP contribution in [0.5, 0.6) is 0 Å². The number of halogens is 3. The van der Waals surface area contributed by atoms with Crippen molar-refractivity contribution in [3.8, 4) is 17.1 Å². The van der Waals surface area contributed by atoms with Crippen molar-refractivity contribution in [3.63, 3.8) is 0 Å². The van der Waals surface area contributed by atoms with Crippen molar-refractivity contribution < 1.29 is 21.6 Å². The van der Waals surface area contributed by atoms with Gasteiger partial charge < -0.3 is 9.88 Å². The zero-order chi connectivity index (χ0) is 27.9. The summed E-state index contributed by atoms with van der Waals surface area (Å²) < 4.78 is 68.1. The molecular formula is C25H31F3N8O2S. The van der Waals surface area contributed by atoms with E-state index in [9.17, 15) is 21.6 Å². The van der Waals surface area contributed by atoms with Crippen molar-refractivity contribution in [3.05, 3.63) is 47.8 Å². The lowest BCUT2D eigenvalue weighted by Crippen LogP contribution is -2.44. The van der Waals surface area contributed by atoms with E-state index >= 15 is 0 Å². The number of sulfonamides is 1. The first-order valence-corrected chi connectivity index (χ1v) is 14.6. The van der Waals surface area contributed by atoms with Gasteiger partial charge in [0.25, 0.3) is 0 Å². The van der Waals surface area contributed by atoms with E-state index < -0.39 is 21.8 Å². The van der Waals surface area contributed by atoms with E-state index in [1.807, 2.05) is 19.1 Å². The maximum atomic E-state index is 13.9. The maximum absolute atomic E-state index is 13.9. The molecule has 3 aromatic rings. The second-order valence-corrected chi connectivity index (χ2v) is 12.4. The normalized spacial score (nSPS) is 18.3. The van der Waals surface area contributed by atoms with Crippen molar-refractivity contribution in [2.24, 2.45) is 5.92 Å². The summed E-state index contributed by atoms with van der Waals surface area (Å²) in [6.45, 7) is 7.56. The molecule has 0 unspecified atom stereocenters. The number of imidazole rings is 1. The number of anilines is 1. The van der Waals surface area contributed by atoms with Crippen molar-refractivity contribution in [2.45, 2.75) is 45.5 Å². The standard InChI is InChI=1S/C25H31F3N8O2S/c1-16-11-34(12-16)13-19-4-5-22(17(2)31-19)35-14-21(30-15-35)23-20(25(26,27)28)10-29-24(33-23)32-18-6-8-36(9-7-18)39(3,37)38/h4-5,10,14-16,18H,6-9,11-13H2,1-3H3,(H,29,32,33). The highest BCUT2D eigenvalue weighted by Gasteiger charge is 2.36. The van der Waals surface area contributed by atoms with E-state index in [4.69, 9.17) is 0 Å². The van der Waals surface area contributed by atoms with E-state index in [0.717, 1.165) is 43.5 Å². The topological polar surface area (TPSA) is 109 Å². The third kappa shape index (κ3) is 6.23. The zero-order valence-electron chi connectivity index (χ0n) is 22.0. The highest BCUT2D eigenvalue weighted by molar-refractivity contribution is 7.88. The summed E-state index contributed by atoms with van der Waals surface area (Å²) in [4.78, 5) is 19.3. The van der Waals surface area contributed by atoms with Crippen LogP contribution < -0.4 is 5.32 Å². The number of aromatic nitrogens is 5. The quantitative estimate of drug-likeness (QED) is 0.466. The Balaban J connectivity index is 1.36. The molecule has 0 radical (unpaired) electrons. The number of likely N-dealkylation sites (tertiary alicyclic amines) is 1. The minimum absolute atomic E-state index is 0.0351. The lowest BCUT2D eigenvalue weighted by Gasteiger charge is -2.36. The minimum Gasteiger partial charge on any atom is -0.351 e. The number of nitrogens with one attached hydrogen (secondary N) is 1. The van der Waals surface area contributed by atoms with Gasteiger partial charge in [0.15, 0.2) is 0 Å². The molecule has 210 valence electrons. The summed E-state index contributed by atoms with van der Waals surface area (Å²) >= 11 is 0. The van der Waals surface area contributed by atoms with E-state index in [1.165, 1.54) is 16.8 Å². The fourth-order valence-corrected chi connectivity index (χ4v) is 5.97. The average Bonchev–Trinajstić information content (AvgIpc) is 3.32. The van der Waals surface area contributed by atoms with Crippen LogP contribution in [-0.4, -0.2) is 80.6 Å². The molecule has 0 bridgehead atoms. The van der Waals surface area contributed by atoms with Gasteiger partial charge >= 0.3 is 6.18 Å². The van der Waals surface area contributed by atoms with Crippen LogP contribution in [0.2, 0.25) is 0 Å². The third-order valence-electron chi connectivity index (χ3n) is 7.09. The van der Waals surface area contributed by atoms with Crippen LogP contribution in [0.25, 0.3) is 17.1 Å². The van der Waals surface area contributed by atoms with E-state index in [-0.39, 0.29) is 23.4 Å². The molecule has 5 rings (SSSR count). The highest BCUT2D eigenvalue weighted by Crippen LogP contribution is 2.36. The highest BCUT2D eigenvalue weighted by atomic mass is 32.2. The van der Waals surface area contributed by atoms with Gasteiger partial charge in [-0.3, -0.25) is 9.88 Å². The monoisotopic (exact) mass is 564 g/mol. The fourth-order valence-electron chi connectivity index (χ4n) is 5.10. The molecule has 2 saturated heterocycles. The number of aryl methyl sites for hydroxylation is 1. The Labute approximate surface area is 225 Å². The number of hydrogen-bond acceptors (Lipinski definition) is 8. The molecule has 0 amide bonds. The summed E-state index contributed by atoms with van der Waals surface area (Å²) in [5.41, 5.74) is 1.13. The van der Waals surface area contributed by atoms with E-state index in [1.54, 1.807) is 4.57 Å². The van der Waals surface area contributed by atoms with Crippen LogP contribution >= 0.6 is 0 Å². The smallest absolute Gasteiger partial charge is 0.351 e. The molecule has 0 aliphatic carbocycles. The summed E-state index contributed by atoms with van der Waals surface area (Å²) in [6, 6.07) is 3.65. The minimum atomic E-state index is -4.67. The van der Waals surface area contributed by atoms with Gasteiger partial charge in [-0.2, -0.15) is 13.2 Å². The average molecular weight is 565 g/mol. The number of rotatable bonds is 7. The summed E-state index contributed by atoms with van der Waals surface area (Å²) in [7, 11) is -3.29. The summed E-state index contributed by atoms with van der Waals surface area (Å²) in [6.07, 6.45) is 1.17. The first-order valence-electron chi connectivity index (χ1n) is 12.8. The molecule has 3 aromatic heterocycles. The molecule has 2 fully saturated rings. The van der Waals surface area contributed by atoms with Crippen LogP contribution in [0.15, 0.2) is 30.9 Å². The lowest BCUT2D eigenvalue weighted by atomic mass is 10.0. The van der Waals surface area contributed by atoms with Crippen LogP contribution in [-0.2, 0) is 22.7 Å². The number of alkyl halides is 3. The molecule has 0 aromatic carbocycles. The first kappa shape index (κ1) is 27.5. The largest absolute Gasteiger partial charge is 0.420 e. The number of hydrogen-bond donors (Lipinski definition) is 1. The molecule has 5 heterocycles. The van der Waals surface area contributed by atoms with Crippen LogP contribution in [0.3, 0.4) is 0 Å². The molecule has 1 N–H and O–H groups in total. The van der Waals surface area contributed by atoms with Gasteiger partial charge in [-0.05, 0) is 37.8 Å². The first-order chi connectivity index (χ1) is 18.4. The Bertz CT molecular complexity index is 1450. The van der Waals surface area contributed by atoms with Gasteiger partial charge in [0.1, 0.15) is 23.3 Å². The van der Waals surface area contributed by atoms with Gasteiger partial charge in [0.05, 0.1) is 23.3 Å². The zero-order valence-corrected chi connectivity index (χ0v) is 22.8. The molecule has 0 spiro atoms. The van der Waals surface area contributed by atoms with Crippen molar-refractivity contribution in [1.29, 1.82) is 0 Å². The van der Waals surface area contributed by atoms with Gasteiger partial charge in [-0.25, -0.2) is 27.7 Å². The van der Waals surface area contributed by atoms with Crippen LogP contribution in [0.1, 0.15) is 36.7 Å². The Hall–Kier alpha value is -3.10. The molecule has 0 atom stereocenters. The van der Waals surface area contributed by atoms with Gasteiger partial charge in [-0.1, -0.05) is 6.92 Å². The Morgan fingerprint density at radius 2 is 1.82 bits per heavy atom. The van der Waals surface area contributed by atoms with Crippen LogP contribution in [0.4, 0.5) is 19.1 Å². The van der Waals surface area contributed by atoms with Crippen molar-refractivity contribution in [2.75, 3.05) is 37.8 Å². The molecule has 39 heavy (non-hydrogen) atoms.